The molecule has 0 aliphatic carbocycles. The topological polar surface area (TPSA) is 26.3 Å². The molecule has 1 aromatic carbocycles. The third-order valence-electron chi connectivity index (χ3n) is 2.62. The van der Waals surface area contributed by atoms with E-state index in [1.54, 1.807) is 0 Å². The van der Waals surface area contributed by atoms with Crippen LogP contribution in [-0.4, -0.2) is 12.6 Å². The number of hydrogen-bond donors (Lipinski definition) is 0. The molecule has 0 aromatic heterocycles. The van der Waals surface area contributed by atoms with Crippen LogP contribution in [0.15, 0.2) is 48.1 Å². The molecular formula is C14H14O2. The van der Waals surface area contributed by atoms with Gasteiger partial charge in [-0.3, -0.25) is 0 Å². The molecule has 0 saturated heterocycles. The minimum Gasteiger partial charge on any atom is -0.458 e. The lowest BCUT2D eigenvalue weighted by Gasteiger charge is -2.04. The molecule has 1 aliphatic rings. The van der Waals surface area contributed by atoms with Crippen molar-refractivity contribution in [1.29, 1.82) is 0 Å². The third kappa shape index (κ3) is 2.40. The molecule has 0 N–H and O–H groups in total. The fourth-order valence-electron chi connectivity index (χ4n) is 1.67. The molecule has 0 saturated carbocycles. The molecule has 1 atom stereocenters. The van der Waals surface area contributed by atoms with Gasteiger partial charge in [0.1, 0.15) is 6.61 Å². The highest BCUT2D eigenvalue weighted by Gasteiger charge is 2.20. The molecule has 0 spiro atoms. The maximum Gasteiger partial charge on any atom is 0.334 e. The van der Waals surface area contributed by atoms with E-state index in [1.807, 2.05) is 55.5 Å². The summed E-state index contributed by atoms with van der Waals surface area (Å²) in [6.07, 6.45) is 5.90. The van der Waals surface area contributed by atoms with E-state index in [4.69, 9.17) is 4.74 Å². The van der Waals surface area contributed by atoms with Crippen molar-refractivity contribution in [2.75, 3.05) is 6.61 Å². The molecule has 82 valence electrons. The van der Waals surface area contributed by atoms with Crippen molar-refractivity contribution >= 4 is 12.0 Å². The number of esters is 1. The molecule has 16 heavy (non-hydrogen) atoms. The maximum absolute atomic E-state index is 11.3. The second kappa shape index (κ2) is 4.79. The van der Waals surface area contributed by atoms with Crippen molar-refractivity contribution in [2.45, 2.75) is 6.92 Å². The van der Waals surface area contributed by atoms with Gasteiger partial charge in [-0.05, 0) is 11.6 Å². The molecule has 1 unspecified atom stereocenters. The summed E-state index contributed by atoms with van der Waals surface area (Å²) < 4.78 is 4.87. The fraction of sp³-hybridized carbons (Fsp3) is 0.214. The van der Waals surface area contributed by atoms with Crippen LogP contribution in [0.1, 0.15) is 12.5 Å². The highest BCUT2D eigenvalue weighted by atomic mass is 16.5. The Hall–Kier alpha value is -1.83. The Kier molecular flexibility index (Phi) is 3.20. The fourth-order valence-corrected chi connectivity index (χ4v) is 1.67. The van der Waals surface area contributed by atoms with Crippen LogP contribution in [0, 0.1) is 5.92 Å². The Balaban J connectivity index is 2.05. The normalized spacial score (nSPS) is 17.3. The Morgan fingerprint density at radius 1 is 1.31 bits per heavy atom. The summed E-state index contributed by atoms with van der Waals surface area (Å²) >= 11 is 0. The lowest BCUT2D eigenvalue weighted by atomic mass is 10.0. The van der Waals surface area contributed by atoms with Gasteiger partial charge >= 0.3 is 5.97 Å². The van der Waals surface area contributed by atoms with Crippen LogP contribution in [0.5, 0.6) is 0 Å². The van der Waals surface area contributed by atoms with Crippen LogP contribution in [0.4, 0.5) is 0 Å². The van der Waals surface area contributed by atoms with E-state index >= 15 is 0 Å². The van der Waals surface area contributed by atoms with Crippen molar-refractivity contribution < 1.29 is 9.53 Å². The minimum absolute atomic E-state index is 0.107. The van der Waals surface area contributed by atoms with E-state index in [9.17, 15) is 4.79 Å². The van der Waals surface area contributed by atoms with Crippen molar-refractivity contribution in [3.05, 3.63) is 53.6 Å². The number of allylic oxidation sites excluding steroid dienone is 1. The van der Waals surface area contributed by atoms with Crippen LogP contribution in [0.3, 0.4) is 0 Å². The number of rotatable bonds is 3. The van der Waals surface area contributed by atoms with Crippen molar-refractivity contribution in [3.8, 4) is 0 Å². The predicted octanol–water partition coefficient (Wildman–Crippen LogP) is 2.82. The number of hydrogen-bond acceptors (Lipinski definition) is 2. The molecular weight excluding hydrogens is 200 g/mol. The first-order valence-electron chi connectivity index (χ1n) is 5.38. The van der Waals surface area contributed by atoms with Crippen LogP contribution < -0.4 is 0 Å². The summed E-state index contributed by atoms with van der Waals surface area (Å²) in [5.41, 5.74) is 1.90. The molecule has 0 bridgehead atoms. The van der Waals surface area contributed by atoms with Crippen LogP contribution in [0.2, 0.25) is 0 Å². The average molecular weight is 214 g/mol. The zero-order valence-electron chi connectivity index (χ0n) is 9.22. The number of ether oxygens (including phenoxy) is 1. The Bertz CT molecular complexity index is 429. The van der Waals surface area contributed by atoms with E-state index in [-0.39, 0.29) is 11.9 Å². The lowest BCUT2D eigenvalue weighted by Crippen LogP contribution is -2.05. The van der Waals surface area contributed by atoms with Crippen LogP contribution in [-0.2, 0) is 9.53 Å². The van der Waals surface area contributed by atoms with Gasteiger partial charge in [-0.2, -0.15) is 0 Å². The highest BCUT2D eigenvalue weighted by molar-refractivity contribution is 5.91. The Labute approximate surface area is 95.2 Å². The number of cyclic esters (lactones) is 1. The predicted molar refractivity (Wildman–Crippen MR) is 63.7 cm³/mol. The lowest BCUT2D eigenvalue weighted by molar-refractivity contribution is -0.136. The maximum atomic E-state index is 11.3. The van der Waals surface area contributed by atoms with Crippen LogP contribution in [0.25, 0.3) is 6.08 Å². The average Bonchev–Trinajstić information content (AvgIpc) is 2.74. The van der Waals surface area contributed by atoms with Gasteiger partial charge in [0.05, 0.1) is 0 Å². The van der Waals surface area contributed by atoms with Gasteiger partial charge in [-0.1, -0.05) is 49.4 Å². The standard InChI is InChI=1S/C14H14O2/c1-11(13-9-10-16-14(13)15)7-8-12-5-3-2-4-6-12/h2-9,11H,10H2,1H3/b8-7+. The van der Waals surface area contributed by atoms with Gasteiger partial charge in [0, 0.05) is 11.5 Å². The van der Waals surface area contributed by atoms with Crippen molar-refractivity contribution in [3.63, 3.8) is 0 Å². The van der Waals surface area contributed by atoms with Gasteiger partial charge < -0.3 is 4.74 Å². The van der Waals surface area contributed by atoms with E-state index in [1.165, 1.54) is 0 Å². The molecule has 0 fully saturated rings. The summed E-state index contributed by atoms with van der Waals surface area (Å²) in [6, 6.07) is 10.0. The second-order valence-corrected chi connectivity index (χ2v) is 3.82. The van der Waals surface area contributed by atoms with Gasteiger partial charge in [0.25, 0.3) is 0 Å². The third-order valence-corrected chi connectivity index (χ3v) is 2.62. The molecule has 1 heterocycles. The van der Waals surface area contributed by atoms with Crippen molar-refractivity contribution in [2.24, 2.45) is 5.92 Å². The number of benzene rings is 1. The molecule has 2 heteroatoms. The summed E-state index contributed by atoms with van der Waals surface area (Å²) in [6.45, 7) is 2.41. The highest BCUT2D eigenvalue weighted by Crippen LogP contribution is 2.19. The summed E-state index contributed by atoms with van der Waals surface area (Å²) in [7, 11) is 0. The minimum atomic E-state index is -0.190. The van der Waals surface area contributed by atoms with Crippen molar-refractivity contribution in [1.82, 2.24) is 0 Å². The zero-order valence-corrected chi connectivity index (χ0v) is 9.22. The molecule has 1 aromatic rings. The molecule has 0 radical (unpaired) electrons. The van der Waals surface area contributed by atoms with E-state index < -0.39 is 0 Å². The first-order valence-corrected chi connectivity index (χ1v) is 5.38. The smallest absolute Gasteiger partial charge is 0.334 e. The second-order valence-electron chi connectivity index (χ2n) is 3.82. The first-order chi connectivity index (χ1) is 7.77. The molecule has 2 rings (SSSR count). The molecule has 2 nitrogen and oxygen atoms in total. The number of carbonyl (C=O) groups is 1. The SMILES string of the molecule is CC(/C=C/c1ccccc1)C1=CCOC1=O. The quantitative estimate of drug-likeness (QED) is 0.723. The Morgan fingerprint density at radius 2 is 2.06 bits per heavy atom. The monoisotopic (exact) mass is 214 g/mol. The van der Waals surface area contributed by atoms with E-state index in [0.29, 0.717) is 6.61 Å². The number of carbonyl (C=O) groups excluding carboxylic acids is 1. The Morgan fingerprint density at radius 3 is 2.69 bits per heavy atom. The van der Waals surface area contributed by atoms with E-state index in [2.05, 4.69) is 0 Å². The van der Waals surface area contributed by atoms with Gasteiger partial charge in [-0.15, -0.1) is 0 Å². The summed E-state index contributed by atoms with van der Waals surface area (Å²) in [5.74, 6) is -0.0829. The van der Waals surface area contributed by atoms with E-state index in [0.717, 1.165) is 11.1 Å². The molecule has 0 amide bonds. The van der Waals surface area contributed by atoms with Crippen LogP contribution >= 0.6 is 0 Å². The van der Waals surface area contributed by atoms with Gasteiger partial charge in [0.15, 0.2) is 0 Å². The zero-order chi connectivity index (χ0) is 11.4. The summed E-state index contributed by atoms with van der Waals surface area (Å²) in [4.78, 5) is 11.3. The summed E-state index contributed by atoms with van der Waals surface area (Å²) in [5, 5.41) is 0. The van der Waals surface area contributed by atoms with Gasteiger partial charge in [0.2, 0.25) is 0 Å². The van der Waals surface area contributed by atoms with Gasteiger partial charge in [-0.25, -0.2) is 4.79 Å². The largest absolute Gasteiger partial charge is 0.458 e. The molecule has 1 aliphatic heterocycles. The first kappa shape index (κ1) is 10.7.